The fraction of sp³-hybridized carbons (Fsp3) is 0.158. The highest BCUT2D eigenvalue weighted by atomic mass is 35.5. The first kappa shape index (κ1) is 20.0. The van der Waals surface area contributed by atoms with Gasteiger partial charge in [0.2, 0.25) is 0 Å². The molecule has 0 saturated heterocycles. The largest absolute Gasteiger partial charge is 0.302 e. The monoisotopic (exact) mass is 417 g/mol. The van der Waals surface area contributed by atoms with Crippen molar-refractivity contribution in [3.8, 4) is 11.4 Å². The average Bonchev–Trinajstić information content (AvgIpc) is 3.11. The minimum absolute atomic E-state index is 0.105. The number of thioether (sulfide) groups is 1. The van der Waals surface area contributed by atoms with Crippen LogP contribution in [-0.4, -0.2) is 32.6 Å². The number of carbonyl (C=O) groups excluding carboxylic acids is 1. The van der Waals surface area contributed by atoms with E-state index in [0.29, 0.717) is 28.1 Å². The molecule has 3 aromatic rings. The van der Waals surface area contributed by atoms with Crippen molar-refractivity contribution in [2.45, 2.75) is 18.6 Å². The van der Waals surface area contributed by atoms with Gasteiger partial charge in [0, 0.05) is 22.7 Å². The van der Waals surface area contributed by atoms with Gasteiger partial charge in [-0.3, -0.25) is 4.79 Å². The lowest BCUT2D eigenvalue weighted by Crippen LogP contribution is -2.20. The summed E-state index contributed by atoms with van der Waals surface area (Å²) in [6, 6.07) is 13.5. The maximum Gasteiger partial charge on any atom is 0.250 e. The number of benzene rings is 2. The number of aromatic nitrogens is 3. The summed E-state index contributed by atoms with van der Waals surface area (Å²) in [6.07, 6.45) is 1.27. The van der Waals surface area contributed by atoms with E-state index in [1.54, 1.807) is 30.3 Å². The summed E-state index contributed by atoms with van der Waals surface area (Å²) >= 11 is 7.18. The normalized spacial score (nSPS) is 11.1. The smallest absolute Gasteiger partial charge is 0.250 e. The van der Waals surface area contributed by atoms with E-state index in [-0.39, 0.29) is 11.7 Å². The number of hydrogen-bond acceptors (Lipinski definition) is 5. The van der Waals surface area contributed by atoms with Crippen molar-refractivity contribution in [1.82, 2.24) is 20.2 Å². The summed E-state index contributed by atoms with van der Waals surface area (Å²) in [6.45, 7) is 2.63. The molecule has 0 saturated carbocycles. The molecule has 1 N–H and O–H groups in total. The second-order valence-corrected chi connectivity index (χ2v) is 7.04. The molecular weight excluding hydrogens is 401 g/mol. The van der Waals surface area contributed by atoms with Crippen molar-refractivity contribution >= 4 is 35.5 Å². The Kier molecular flexibility index (Phi) is 6.78. The van der Waals surface area contributed by atoms with E-state index < -0.39 is 5.82 Å². The van der Waals surface area contributed by atoms with Gasteiger partial charge < -0.3 is 4.57 Å². The van der Waals surface area contributed by atoms with Gasteiger partial charge in [-0.2, -0.15) is 5.10 Å². The molecule has 0 radical (unpaired) electrons. The van der Waals surface area contributed by atoms with Crippen LogP contribution >= 0.6 is 23.4 Å². The Labute approximate surface area is 170 Å². The Morgan fingerprint density at radius 3 is 2.71 bits per heavy atom. The standard InChI is InChI=1S/C19H17ClFN5OS/c1-2-26-18(13-7-9-15(20)10-8-13)24-25-19(26)28-12-17(27)23-22-11-14-5-3-4-6-16(14)21/h3-11H,2,12H2,1H3,(H,23,27)/b22-11-. The molecule has 6 nitrogen and oxygen atoms in total. The van der Waals surface area contributed by atoms with E-state index in [2.05, 4.69) is 20.7 Å². The Bertz CT molecular complexity index is 990. The zero-order chi connectivity index (χ0) is 19.9. The zero-order valence-electron chi connectivity index (χ0n) is 15.0. The number of rotatable bonds is 7. The molecule has 144 valence electrons. The van der Waals surface area contributed by atoms with Gasteiger partial charge >= 0.3 is 0 Å². The second kappa shape index (κ2) is 9.48. The van der Waals surface area contributed by atoms with Crippen molar-refractivity contribution in [2.24, 2.45) is 5.10 Å². The van der Waals surface area contributed by atoms with Crippen molar-refractivity contribution in [3.05, 3.63) is 64.9 Å². The minimum atomic E-state index is -0.402. The lowest BCUT2D eigenvalue weighted by molar-refractivity contribution is -0.118. The van der Waals surface area contributed by atoms with E-state index in [0.717, 1.165) is 5.56 Å². The van der Waals surface area contributed by atoms with Crippen LogP contribution in [0.25, 0.3) is 11.4 Å². The Morgan fingerprint density at radius 2 is 2.00 bits per heavy atom. The van der Waals surface area contributed by atoms with Crippen LogP contribution in [0.5, 0.6) is 0 Å². The zero-order valence-corrected chi connectivity index (χ0v) is 16.5. The van der Waals surface area contributed by atoms with Crippen molar-refractivity contribution in [2.75, 3.05) is 5.75 Å². The minimum Gasteiger partial charge on any atom is -0.302 e. The van der Waals surface area contributed by atoms with Gasteiger partial charge in [0.05, 0.1) is 12.0 Å². The molecule has 0 bridgehead atoms. The van der Waals surface area contributed by atoms with E-state index in [1.807, 2.05) is 23.6 Å². The summed E-state index contributed by atoms with van der Waals surface area (Å²) in [7, 11) is 0. The third-order valence-corrected chi connectivity index (χ3v) is 4.98. The van der Waals surface area contributed by atoms with Crippen LogP contribution in [0.3, 0.4) is 0 Å². The Morgan fingerprint density at radius 1 is 1.25 bits per heavy atom. The first-order valence-electron chi connectivity index (χ1n) is 8.47. The molecule has 0 unspecified atom stereocenters. The molecule has 1 heterocycles. The number of amides is 1. The van der Waals surface area contributed by atoms with Crippen LogP contribution in [0.4, 0.5) is 4.39 Å². The number of nitrogens with one attached hydrogen (secondary N) is 1. The van der Waals surface area contributed by atoms with Crippen molar-refractivity contribution < 1.29 is 9.18 Å². The topological polar surface area (TPSA) is 72.2 Å². The van der Waals surface area contributed by atoms with E-state index >= 15 is 0 Å². The quantitative estimate of drug-likeness (QED) is 0.358. The van der Waals surface area contributed by atoms with Gasteiger partial charge in [-0.05, 0) is 37.3 Å². The molecule has 0 atom stereocenters. The van der Waals surface area contributed by atoms with Gasteiger partial charge in [0.15, 0.2) is 11.0 Å². The molecule has 0 aliphatic carbocycles. The molecule has 3 rings (SSSR count). The lowest BCUT2D eigenvalue weighted by Gasteiger charge is -2.07. The van der Waals surface area contributed by atoms with Gasteiger partial charge in [-0.25, -0.2) is 9.82 Å². The predicted molar refractivity (Wildman–Crippen MR) is 109 cm³/mol. The molecule has 0 aliphatic heterocycles. The summed E-state index contributed by atoms with van der Waals surface area (Å²) in [5.74, 6) is 0.0875. The van der Waals surface area contributed by atoms with E-state index in [4.69, 9.17) is 11.6 Å². The predicted octanol–water partition coefficient (Wildman–Crippen LogP) is 4.00. The van der Waals surface area contributed by atoms with Crippen LogP contribution in [0.1, 0.15) is 12.5 Å². The van der Waals surface area contributed by atoms with Crippen LogP contribution in [-0.2, 0) is 11.3 Å². The third-order valence-electron chi connectivity index (χ3n) is 3.77. The third kappa shape index (κ3) is 4.96. The van der Waals surface area contributed by atoms with E-state index in [9.17, 15) is 9.18 Å². The van der Waals surface area contributed by atoms with Gasteiger partial charge in [-0.1, -0.05) is 41.6 Å². The van der Waals surface area contributed by atoms with Crippen LogP contribution in [0, 0.1) is 5.82 Å². The number of nitrogens with zero attached hydrogens (tertiary/aromatic N) is 4. The maximum atomic E-state index is 13.5. The SMILES string of the molecule is CCn1c(SCC(=O)N/N=C\c2ccccc2F)nnc1-c1ccc(Cl)cc1. The fourth-order valence-electron chi connectivity index (χ4n) is 2.41. The van der Waals surface area contributed by atoms with Crippen LogP contribution in [0.15, 0.2) is 58.8 Å². The first-order chi connectivity index (χ1) is 13.6. The number of hydrogen-bond donors (Lipinski definition) is 1. The summed E-state index contributed by atoms with van der Waals surface area (Å²) < 4.78 is 15.4. The number of halogens is 2. The van der Waals surface area contributed by atoms with E-state index in [1.165, 1.54) is 24.0 Å². The summed E-state index contributed by atoms with van der Waals surface area (Å²) in [5, 5.41) is 13.5. The highest BCUT2D eigenvalue weighted by molar-refractivity contribution is 7.99. The molecule has 2 aromatic carbocycles. The van der Waals surface area contributed by atoms with Crippen LogP contribution in [0.2, 0.25) is 5.02 Å². The number of carbonyl (C=O) groups is 1. The van der Waals surface area contributed by atoms with Gasteiger partial charge in [0.1, 0.15) is 5.82 Å². The molecular formula is C19H17ClFN5OS. The molecule has 0 fully saturated rings. The lowest BCUT2D eigenvalue weighted by atomic mass is 10.2. The molecule has 1 aromatic heterocycles. The summed E-state index contributed by atoms with van der Waals surface area (Å²) in [5.41, 5.74) is 3.57. The number of hydrazone groups is 1. The fourth-order valence-corrected chi connectivity index (χ4v) is 3.33. The highest BCUT2D eigenvalue weighted by Gasteiger charge is 2.14. The molecule has 0 aliphatic rings. The van der Waals surface area contributed by atoms with Gasteiger partial charge in [-0.15, -0.1) is 10.2 Å². The average molecular weight is 418 g/mol. The second-order valence-electron chi connectivity index (χ2n) is 5.66. The van der Waals surface area contributed by atoms with Crippen molar-refractivity contribution in [3.63, 3.8) is 0 Å². The molecule has 9 heteroatoms. The van der Waals surface area contributed by atoms with Crippen LogP contribution < -0.4 is 5.43 Å². The molecule has 1 amide bonds. The molecule has 28 heavy (non-hydrogen) atoms. The first-order valence-corrected chi connectivity index (χ1v) is 9.83. The Hall–Kier alpha value is -2.71. The van der Waals surface area contributed by atoms with Crippen molar-refractivity contribution in [1.29, 1.82) is 0 Å². The van der Waals surface area contributed by atoms with Gasteiger partial charge in [0.25, 0.3) is 5.91 Å². The molecule has 0 spiro atoms. The maximum absolute atomic E-state index is 13.5. The highest BCUT2D eigenvalue weighted by Crippen LogP contribution is 2.24. The Balaban J connectivity index is 1.60. The summed E-state index contributed by atoms with van der Waals surface area (Å²) in [4.78, 5) is 12.0.